The van der Waals surface area contributed by atoms with Gasteiger partial charge in [0.15, 0.2) is 0 Å². The van der Waals surface area contributed by atoms with Crippen molar-refractivity contribution in [1.82, 2.24) is 0 Å². The molecule has 3 heteroatoms. The highest BCUT2D eigenvalue weighted by molar-refractivity contribution is 5.79. The van der Waals surface area contributed by atoms with Gasteiger partial charge in [-0.15, -0.1) is 4.99 Å². The van der Waals surface area contributed by atoms with Crippen molar-refractivity contribution >= 4 is 5.90 Å². The van der Waals surface area contributed by atoms with Gasteiger partial charge >= 0.3 is 0 Å². The zero-order valence-corrected chi connectivity index (χ0v) is 9.03. The number of nitrogens with zero attached hydrogens (tertiary/aromatic N) is 2. The standard InChI is InChI=1S/C12H14N2O/c1-3-15-12(14-9-13)8-11-6-4-5-10(2)7-11/h4-7H,3,8H2,1-2H3. The van der Waals surface area contributed by atoms with E-state index < -0.39 is 0 Å². The molecule has 0 aliphatic heterocycles. The monoisotopic (exact) mass is 202 g/mol. The molecule has 0 aliphatic rings. The molecule has 0 radical (unpaired) electrons. The summed E-state index contributed by atoms with van der Waals surface area (Å²) in [5.74, 6) is 0.477. The van der Waals surface area contributed by atoms with Gasteiger partial charge in [-0.1, -0.05) is 29.8 Å². The topological polar surface area (TPSA) is 45.4 Å². The van der Waals surface area contributed by atoms with Crippen LogP contribution in [-0.4, -0.2) is 12.5 Å². The second kappa shape index (κ2) is 5.82. The summed E-state index contributed by atoms with van der Waals surface area (Å²) in [7, 11) is 0. The third kappa shape index (κ3) is 3.82. The van der Waals surface area contributed by atoms with Gasteiger partial charge in [0.1, 0.15) is 0 Å². The summed E-state index contributed by atoms with van der Waals surface area (Å²) < 4.78 is 5.25. The number of ether oxygens (including phenoxy) is 1. The molecule has 3 nitrogen and oxygen atoms in total. The van der Waals surface area contributed by atoms with E-state index in [1.54, 1.807) is 6.19 Å². The van der Waals surface area contributed by atoms with E-state index in [1.165, 1.54) is 5.56 Å². The van der Waals surface area contributed by atoms with Gasteiger partial charge in [-0.05, 0) is 19.4 Å². The quantitative estimate of drug-likeness (QED) is 0.429. The summed E-state index contributed by atoms with van der Waals surface area (Å²) in [5.41, 5.74) is 2.30. The number of hydrogen-bond acceptors (Lipinski definition) is 3. The van der Waals surface area contributed by atoms with Crippen molar-refractivity contribution in [2.75, 3.05) is 6.61 Å². The molecule has 0 saturated heterocycles. The van der Waals surface area contributed by atoms with E-state index in [9.17, 15) is 0 Å². The van der Waals surface area contributed by atoms with Crippen molar-refractivity contribution in [3.8, 4) is 6.19 Å². The van der Waals surface area contributed by atoms with Gasteiger partial charge < -0.3 is 4.74 Å². The van der Waals surface area contributed by atoms with E-state index in [2.05, 4.69) is 11.1 Å². The van der Waals surface area contributed by atoms with Crippen molar-refractivity contribution < 1.29 is 4.74 Å². The summed E-state index contributed by atoms with van der Waals surface area (Å²) in [4.78, 5) is 3.64. The van der Waals surface area contributed by atoms with Crippen LogP contribution in [0.4, 0.5) is 0 Å². The molecule has 1 aromatic rings. The Balaban J connectivity index is 2.75. The molecule has 1 rings (SSSR count). The minimum atomic E-state index is 0.477. The Bertz CT molecular complexity index is 391. The van der Waals surface area contributed by atoms with Crippen LogP contribution < -0.4 is 0 Å². The van der Waals surface area contributed by atoms with Gasteiger partial charge in [0, 0.05) is 6.42 Å². The maximum atomic E-state index is 8.48. The van der Waals surface area contributed by atoms with Crippen LogP contribution in [0.2, 0.25) is 0 Å². The molecule has 0 unspecified atom stereocenters. The van der Waals surface area contributed by atoms with Crippen molar-refractivity contribution in [3.63, 3.8) is 0 Å². The van der Waals surface area contributed by atoms with Crippen LogP contribution in [0.15, 0.2) is 29.3 Å². The third-order valence-electron chi connectivity index (χ3n) is 1.92. The second-order valence-corrected chi connectivity index (χ2v) is 3.20. The highest BCUT2D eigenvalue weighted by atomic mass is 16.5. The summed E-state index contributed by atoms with van der Waals surface area (Å²) in [6.45, 7) is 4.45. The number of hydrogen-bond donors (Lipinski definition) is 0. The number of benzene rings is 1. The molecule has 0 saturated carbocycles. The lowest BCUT2D eigenvalue weighted by Gasteiger charge is -2.05. The molecule has 1 aromatic carbocycles. The van der Waals surface area contributed by atoms with Crippen LogP contribution in [0.3, 0.4) is 0 Å². The fourth-order valence-corrected chi connectivity index (χ4v) is 1.34. The lowest BCUT2D eigenvalue weighted by Crippen LogP contribution is -2.08. The van der Waals surface area contributed by atoms with E-state index in [0.29, 0.717) is 18.9 Å². The number of rotatable bonds is 3. The Hall–Kier alpha value is -1.82. The highest BCUT2D eigenvalue weighted by Crippen LogP contribution is 2.06. The van der Waals surface area contributed by atoms with Crippen molar-refractivity contribution in [2.45, 2.75) is 20.3 Å². The normalized spacial score (nSPS) is 10.9. The first-order valence-corrected chi connectivity index (χ1v) is 4.90. The average Bonchev–Trinajstić information content (AvgIpc) is 2.18. The van der Waals surface area contributed by atoms with E-state index in [0.717, 1.165) is 5.56 Å². The molecule has 0 aromatic heterocycles. The molecule has 0 spiro atoms. The van der Waals surface area contributed by atoms with Crippen LogP contribution in [0.5, 0.6) is 0 Å². The summed E-state index contributed by atoms with van der Waals surface area (Å²) in [6.07, 6.45) is 2.32. The Morgan fingerprint density at radius 3 is 2.93 bits per heavy atom. The summed E-state index contributed by atoms with van der Waals surface area (Å²) >= 11 is 0. The van der Waals surface area contributed by atoms with Crippen LogP contribution in [0.1, 0.15) is 18.1 Å². The van der Waals surface area contributed by atoms with E-state index >= 15 is 0 Å². The predicted molar refractivity (Wildman–Crippen MR) is 59.6 cm³/mol. The molecule has 0 heterocycles. The molecule has 0 amide bonds. The van der Waals surface area contributed by atoms with Crippen molar-refractivity contribution in [3.05, 3.63) is 35.4 Å². The minimum absolute atomic E-state index is 0.477. The molecule has 0 aliphatic carbocycles. The molecule has 15 heavy (non-hydrogen) atoms. The molecule has 0 atom stereocenters. The maximum absolute atomic E-state index is 8.48. The smallest absolute Gasteiger partial charge is 0.208 e. The summed E-state index contributed by atoms with van der Waals surface area (Å²) in [6, 6.07) is 8.08. The molecular formula is C12H14N2O. The Morgan fingerprint density at radius 2 is 2.33 bits per heavy atom. The maximum Gasteiger partial charge on any atom is 0.208 e. The molecular weight excluding hydrogens is 188 g/mol. The second-order valence-electron chi connectivity index (χ2n) is 3.20. The van der Waals surface area contributed by atoms with Crippen molar-refractivity contribution in [1.29, 1.82) is 5.26 Å². The zero-order chi connectivity index (χ0) is 11.1. The Morgan fingerprint density at radius 1 is 1.53 bits per heavy atom. The fourth-order valence-electron chi connectivity index (χ4n) is 1.34. The third-order valence-corrected chi connectivity index (χ3v) is 1.92. The largest absolute Gasteiger partial charge is 0.480 e. The van der Waals surface area contributed by atoms with Gasteiger partial charge in [0.25, 0.3) is 0 Å². The van der Waals surface area contributed by atoms with E-state index in [1.807, 2.05) is 32.0 Å². The van der Waals surface area contributed by atoms with Gasteiger partial charge in [0.2, 0.25) is 12.1 Å². The summed E-state index contributed by atoms with van der Waals surface area (Å²) in [5, 5.41) is 8.48. The van der Waals surface area contributed by atoms with Crippen LogP contribution in [0, 0.1) is 18.4 Å². The number of aryl methyl sites for hydroxylation is 1. The van der Waals surface area contributed by atoms with Crippen LogP contribution in [-0.2, 0) is 11.2 Å². The van der Waals surface area contributed by atoms with Crippen LogP contribution >= 0.6 is 0 Å². The van der Waals surface area contributed by atoms with Gasteiger partial charge in [-0.3, -0.25) is 0 Å². The van der Waals surface area contributed by atoms with Gasteiger partial charge in [-0.25, -0.2) is 0 Å². The molecule has 0 bridgehead atoms. The first-order valence-electron chi connectivity index (χ1n) is 4.90. The predicted octanol–water partition coefficient (Wildman–Crippen LogP) is 2.45. The molecule has 0 fully saturated rings. The average molecular weight is 202 g/mol. The lowest BCUT2D eigenvalue weighted by atomic mass is 10.1. The zero-order valence-electron chi connectivity index (χ0n) is 9.03. The Labute approximate surface area is 90.0 Å². The highest BCUT2D eigenvalue weighted by Gasteiger charge is 2.02. The number of nitriles is 1. The first kappa shape index (κ1) is 11.3. The Kier molecular flexibility index (Phi) is 4.36. The van der Waals surface area contributed by atoms with Gasteiger partial charge in [-0.2, -0.15) is 5.26 Å². The SMILES string of the molecule is CCOC(Cc1cccc(C)c1)=NC#N. The molecule has 78 valence electrons. The van der Waals surface area contributed by atoms with E-state index in [4.69, 9.17) is 10.00 Å². The lowest BCUT2D eigenvalue weighted by molar-refractivity contribution is 0.320. The first-order chi connectivity index (χ1) is 7.26. The minimum Gasteiger partial charge on any atom is -0.480 e. The van der Waals surface area contributed by atoms with Crippen molar-refractivity contribution in [2.24, 2.45) is 4.99 Å². The van der Waals surface area contributed by atoms with Gasteiger partial charge in [0.05, 0.1) is 6.61 Å². The fraction of sp³-hybridized carbons (Fsp3) is 0.333. The van der Waals surface area contributed by atoms with E-state index in [-0.39, 0.29) is 0 Å². The molecule has 0 N–H and O–H groups in total. The number of aliphatic imine (C=N–C) groups is 1. The van der Waals surface area contributed by atoms with Crippen LogP contribution in [0.25, 0.3) is 0 Å².